The van der Waals surface area contributed by atoms with Crippen LogP contribution < -0.4 is 16.5 Å². The van der Waals surface area contributed by atoms with Crippen LogP contribution in [-0.4, -0.2) is 46.1 Å². The van der Waals surface area contributed by atoms with Crippen LogP contribution in [0.25, 0.3) is 0 Å². The summed E-state index contributed by atoms with van der Waals surface area (Å²) in [4.78, 5) is 34.9. The summed E-state index contributed by atoms with van der Waals surface area (Å²) in [5, 5.41) is 19.7. The van der Waals surface area contributed by atoms with Gasteiger partial charge in [-0.05, 0) is 55.5 Å². The van der Waals surface area contributed by atoms with Crippen molar-refractivity contribution in [3.8, 4) is 11.8 Å². The lowest BCUT2D eigenvalue weighted by Gasteiger charge is -2.32. The van der Waals surface area contributed by atoms with E-state index in [1.807, 2.05) is 0 Å². The average Bonchev–Trinajstić information content (AvgIpc) is 2.75. The van der Waals surface area contributed by atoms with Gasteiger partial charge in [-0.1, -0.05) is 11.8 Å². The lowest BCUT2D eigenvalue weighted by atomic mass is 9.92. The molecule has 0 aliphatic heterocycles. The third-order valence-electron chi connectivity index (χ3n) is 4.37. The highest BCUT2D eigenvalue weighted by Crippen LogP contribution is 2.18. The Bertz CT molecular complexity index is 1030. The minimum atomic E-state index is -3.16. The Hall–Kier alpha value is -3.81. The zero-order valence-electron chi connectivity index (χ0n) is 16.2. The van der Waals surface area contributed by atoms with Crippen LogP contribution in [0, 0.1) is 11.8 Å². The number of hydrogen-bond donors (Lipinski definition) is 5. The molecular weight excluding hydrogens is 412 g/mol. The molecule has 0 saturated carbocycles. The Morgan fingerprint density at radius 3 is 1.81 bits per heavy atom. The topological polar surface area (TPSA) is 142 Å². The third kappa shape index (κ3) is 5.85. The molecular formula is C21H19F2N3O5. The zero-order valence-corrected chi connectivity index (χ0v) is 16.2. The first kappa shape index (κ1) is 23.5. The van der Waals surface area contributed by atoms with E-state index in [9.17, 15) is 23.2 Å². The Kier molecular flexibility index (Phi) is 7.42. The number of hydroxylamine groups is 1. The molecule has 8 nitrogen and oxygen atoms in total. The Morgan fingerprint density at radius 1 is 0.968 bits per heavy atom. The number of alkyl halides is 2. The van der Waals surface area contributed by atoms with Crippen LogP contribution in [0.3, 0.4) is 0 Å². The number of aromatic carboxylic acids is 1. The molecule has 1 unspecified atom stereocenters. The summed E-state index contributed by atoms with van der Waals surface area (Å²) in [5.41, 5.74) is 5.55. The Balaban J connectivity index is 2.14. The van der Waals surface area contributed by atoms with Gasteiger partial charge in [0.1, 0.15) is 11.6 Å². The number of halogens is 2. The van der Waals surface area contributed by atoms with Gasteiger partial charge in [0.2, 0.25) is 0 Å². The van der Waals surface area contributed by atoms with Crippen molar-refractivity contribution in [3.05, 3.63) is 70.8 Å². The minimum Gasteiger partial charge on any atom is -0.478 e. The van der Waals surface area contributed by atoms with Crippen molar-refractivity contribution in [1.29, 1.82) is 0 Å². The van der Waals surface area contributed by atoms with Gasteiger partial charge in [-0.25, -0.2) is 19.1 Å². The van der Waals surface area contributed by atoms with E-state index in [2.05, 4.69) is 17.2 Å². The van der Waals surface area contributed by atoms with Crippen molar-refractivity contribution < 1.29 is 33.5 Å². The molecule has 2 atom stereocenters. The van der Waals surface area contributed by atoms with E-state index in [1.54, 1.807) is 12.1 Å². The van der Waals surface area contributed by atoms with Crippen molar-refractivity contribution >= 4 is 17.8 Å². The minimum absolute atomic E-state index is 0.0529. The Labute approximate surface area is 176 Å². The monoisotopic (exact) mass is 431 g/mol. The molecule has 2 aromatic carbocycles. The molecule has 31 heavy (non-hydrogen) atoms. The number of carbonyl (C=O) groups excluding carboxylic acids is 2. The second-order valence-electron chi connectivity index (χ2n) is 6.76. The number of amides is 2. The molecule has 0 aromatic heterocycles. The van der Waals surface area contributed by atoms with E-state index >= 15 is 0 Å². The van der Waals surface area contributed by atoms with Gasteiger partial charge in [-0.3, -0.25) is 14.8 Å². The first-order valence-corrected chi connectivity index (χ1v) is 8.83. The van der Waals surface area contributed by atoms with Crippen molar-refractivity contribution in [3.63, 3.8) is 0 Å². The highest BCUT2D eigenvalue weighted by Gasteiger charge is 2.44. The lowest BCUT2D eigenvalue weighted by Crippen LogP contribution is -2.66. The molecule has 6 N–H and O–H groups in total. The normalized spacial score (nSPS) is 13.4. The van der Waals surface area contributed by atoms with Gasteiger partial charge in [0.25, 0.3) is 18.2 Å². The molecule has 0 aliphatic carbocycles. The van der Waals surface area contributed by atoms with Gasteiger partial charge in [0, 0.05) is 16.7 Å². The number of carboxylic acids is 1. The second kappa shape index (κ2) is 9.80. The van der Waals surface area contributed by atoms with Gasteiger partial charge in [0.05, 0.1) is 5.56 Å². The molecule has 0 radical (unpaired) electrons. The van der Waals surface area contributed by atoms with Crippen LogP contribution in [0.4, 0.5) is 8.78 Å². The summed E-state index contributed by atoms with van der Waals surface area (Å²) in [6, 6.07) is 9.81. The summed E-state index contributed by atoms with van der Waals surface area (Å²) in [6.45, 7) is 0.875. The fraction of sp³-hybridized carbons (Fsp3) is 0.190. The van der Waals surface area contributed by atoms with Crippen LogP contribution in [-0.2, 0) is 4.79 Å². The maximum Gasteiger partial charge on any atom is 0.335 e. The molecule has 0 spiro atoms. The van der Waals surface area contributed by atoms with E-state index in [4.69, 9.17) is 16.0 Å². The lowest BCUT2D eigenvalue weighted by molar-refractivity contribution is -0.134. The van der Waals surface area contributed by atoms with E-state index in [0.29, 0.717) is 11.1 Å². The molecule has 0 heterocycles. The largest absolute Gasteiger partial charge is 0.478 e. The van der Waals surface area contributed by atoms with Gasteiger partial charge >= 0.3 is 5.97 Å². The van der Waals surface area contributed by atoms with Crippen molar-refractivity contribution in [2.24, 2.45) is 5.73 Å². The highest BCUT2D eigenvalue weighted by molar-refractivity contribution is 5.98. The van der Waals surface area contributed by atoms with E-state index in [-0.39, 0.29) is 11.1 Å². The summed E-state index contributed by atoms with van der Waals surface area (Å²) in [6.07, 6.45) is -3.16. The van der Waals surface area contributed by atoms with Crippen LogP contribution in [0.1, 0.15) is 38.8 Å². The summed E-state index contributed by atoms with van der Waals surface area (Å²) < 4.78 is 26.3. The molecule has 2 amide bonds. The molecule has 0 saturated heterocycles. The maximum absolute atomic E-state index is 13.2. The maximum atomic E-state index is 13.2. The predicted octanol–water partition coefficient (Wildman–Crippen LogP) is 1.37. The third-order valence-corrected chi connectivity index (χ3v) is 4.37. The number of benzene rings is 2. The SMILES string of the molecule is CC(N)(C(F)F)[C@H](NC(=O)c1ccc(C#Cc2ccc(C(=O)O)cc2)cc1)C(=O)NO. The number of hydrogen-bond acceptors (Lipinski definition) is 5. The van der Waals surface area contributed by atoms with Crippen LogP contribution in [0.2, 0.25) is 0 Å². The second-order valence-corrected chi connectivity index (χ2v) is 6.76. The fourth-order valence-electron chi connectivity index (χ4n) is 2.45. The van der Waals surface area contributed by atoms with Gasteiger partial charge in [0.15, 0.2) is 0 Å². The van der Waals surface area contributed by atoms with Gasteiger partial charge < -0.3 is 16.2 Å². The highest BCUT2D eigenvalue weighted by atomic mass is 19.3. The molecule has 162 valence electrons. The number of carboxylic acid groups (broad SMARTS) is 1. The molecule has 2 rings (SSSR count). The van der Waals surface area contributed by atoms with E-state index < -0.39 is 35.8 Å². The zero-order chi connectivity index (χ0) is 23.2. The number of carbonyl (C=O) groups is 3. The first-order valence-electron chi connectivity index (χ1n) is 8.83. The van der Waals surface area contributed by atoms with Crippen molar-refractivity contribution in [2.45, 2.75) is 24.9 Å². The van der Waals surface area contributed by atoms with Crippen molar-refractivity contribution in [2.75, 3.05) is 0 Å². The van der Waals surface area contributed by atoms with Crippen LogP contribution in [0.15, 0.2) is 48.5 Å². The first-order chi connectivity index (χ1) is 14.6. The molecule has 2 aromatic rings. The molecule has 0 aliphatic rings. The van der Waals surface area contributed by atoms with Gasteiger partial charge in [-0.15, -0.1) is 0 Å². The number of nitrogens with two attached hydrogens (primary N) is 1. The predicted molar refractivity (Wildman–Crippen MR) is 106 cm³/mol. The standard InChI is InChI=1S/C21H19F2N3O5/c1-21(24,20(22)23)16(18(28)26-31)25-17(27)14-8-4-12(5-9-14)2-3-13-6-10-15(11-7-13)19(29)30/h4-11,16,20,31H,24H2,1H3,(H,25,27)(H,26,28)(H,29,30)/t16-,21?/m1/s1. The van der Waals surface area contributed by atoms with Crippen LogP contribution in [0.5, 0.6) is 0 Å². The van der Waals surface area contributed by atoms with Crippen LogP contribution >= 0.6 is 0 Å². The molecule has 0 fully saturated rings. The molecule has 10 heteroatoms. The Morgan fingerprint density at radius 2 is 1.42 bits per heavy atom. The average molecular weight is 431 g/mol. The van der Waals surface area contributed by atoms with E-state index in [1.165, 1.54) is 41.9 Å². The van der Waals surface area contributed by atoms with E-state index in [0.717, 1.165) is 6.92 Å². The number of rotatable bonds is 6. The number of nitrogens with one attached hydrogen (secondary N) is 2. The van der Waals surface area contributed by atoms with Crippen molar-refractivity contribution in [1.82, 2.24) is 10.8 Å². The summed E-state index contributed by atoms with van der Waals surface area (Å²) in [7, 11) is 0. The fourth-order valence-corrected chi connectivity index (χ4v) is 2.45. The quantitative estimate of drug-likeness (QED) is 0.266. The summed E-state index contributed by atoms with van der Waals surface area (Å²) in [5.74, 6) is 2.50. The van der Waals surface area contributed by atoms with Gasteiger partial charge in [-0.2, -0.15) is 0 Å². The molecule has 0 bridgehead atoms. The smallest absolute Gasteiger partial charge is 0.335 e. The summed E-state index contributed by atoms with van der Waals surface area (Å²) >= 11 is 0.